The van der Waals surface area contributed by atoms with Gasteiger partial charge in [0.15, 0.2) is 12.6 Å². The smallest absolute Gasteiger partial charge is 0.186 e. The van der Waals surface area contributed by atoms with Crippen molar-refractivity contribution in [2.45, 2.75) is 88.5 Å². The first-order valence-corrected chi connectivity index (χ1v) is 9.37. The summed E-state index contributed by atoms with van der Waals surface area (Å²) in [6, 6.07) is 0. The van der Waals surface area contributed by atoms with Crippen molar-refractivity contribution in [2.75, 3.05) is 0 Å². The van der Waals surface area contributed by atoms with Gasteiger partial charge in [0, 0.05) is 11.1 Å². The van der Waals surface area contributed by atoms with E-state index in [4.69, 9.17) is 23.4 Å². The molecule has 2 aliphatic heterocycles. The number of aliphatic hydroxyl groups is 6. The number of rotatable bonds is 6. The summed E-state index contributed by atoms with van der Waals surface area (Å²) < 4.78 is 26.9. The Balaban J connectivity index is 1.55. The van der Waals surface area contributed by atoms with E-state index in [1.165, 1.54) is 12.5 Å². The lowest BCUT2D eigenvalue weighted by atomic mass is 10.00. The summed E-state index contributed by atoms with van der Waals surface area (Å²) in [7, 11) is 0. The second-order valence-electron chi connectivity index (χ2n) is 7.41. The maximum atomic E-state index is 10.0. The molecule has 11 heteroatoms. The van der Waals surface area contributed by atoms with Gasteiger partial charge < -0.3 is 54.0 Å². The van der Waals surface area contributed by atoms with E-state index in [9.17, 15) is 30.6 Å². The highest BCUT2D eigenvalue weighted by atomic mass is 16.7. The lowest BCUT2D eigenvalue weighted by Gasteiger charge is -2.39. The van der Waals surface area contributed by atoms with Crippen LogP contribution in [0, 0.1) is 0 Å². The maximum absolute atomic E-state index is 10.0. The van der Waals surface area contributed by atoms with E-state index < -0.39 is 61.4 Å². The van der Waals surface area contributed by atoms with Gasteiger partial charge in [-0.25, -0.2) is 0 Å². The maximum Gasteiger partial charge on any atom is 0.186 e. The van der Waals surface area contributed by atoms with Gasteiger partial charge in [-0.15, -0.1) is 0 Å². The Morgan fingerprint density at radius 1 is 0.655 bits per heavy atom. The van der Waals surface area contributed by atoms with Gasteiger partial charge >= 0.3 is 0 Å². The molecule has 2 fully saturated rings. The van der Waals surface area contributed by atoms with Crippen molar-refractivity contribution in [1.29, 1.82) is 0 Å². The van der Waals surface area contributed by atoms with Gasteiger partial charge in [0.25, 0.3) is 0 Å². The Labute approximate surface area is 167 Å². The standard InChI is InChI=1S/C18H28O11/c1-7-11(19)13(21)15(23)17(28-7)26-5-9-3-25-4-10(9)6-27-18-16(24)14(22)12(20)8(2)29-18/h3-4,7-8,11-24H,5-6H2,1-2H3. The topological polar surface area (TPSA) is 171 Å². The van der Waals surface area contributed by atoms with Gasteiger partial charge in [-0.2, -0.15) is 0 Å². The van der Waals surface area contributed by atoms with Gasteiger partial charge in [-0.05, 0) is 13.8 Å². The van der Waals surface area contributed by atoms with E-state index in [1.54, 1.807) is 13.8 Å². The number of hydrogen-bond donors (Lipinski definition) is 6. The Morgan fingerprint density at radius 2 is 1.03 bits per heavy atom. The number of ether oxygens (including phenoxy) is 4. The first-order valence-electron chi connectivity index (χ1n) is 9.37. The molecule has 2 saturated heterocycles. The van der Waals surface area contributed by atoms with Crippen LogP contribution in [0.25, 0.3) is 0 Å². The van der Waals surface area contributed by atoms with Gasteiger partial charge in [0.2, 0.25) is 0 Å². The lowest BCUT2D eigenvalue weighted by molar-refractivity contribution is -0.297. The molecule has 3 rings (SSSR count). The van der Waals surface area contributed by atoms with Crippen LogP contribution in [0.4, 0.5) is 0 Å². The van der Waals surface area contributed by atoms with Gasteiger partial charge in [-0.3, -0.25) is 0 Å². The predicted octanol–water partition coefficient (Wildman–Crippen LogP) is -2.03. The fourth-order valence-electron chi connectivity index (χ4n) is 3.25. The van der Waals surface area contributed by atoms with Crippen LogP contribution in [-0.4, -0.2) is 92.1 Å². The molecule has 10 atom stereocenters. The average molecular weight is 420 g/mol. The lowest BCUT2D eigenvalue weighted by Crippen LogP contribution is -2.57. The largest absolute Gasteiger partial charge is 0.472 e. The average Bonchev–Trinajstić information content (AvgIpc) is 3.15. The molecule has 166 valence electrons. The van der Waals surface area contributed by atoms with Gasteiger partial charge in [0.05, 0.1) is 37.9 Å². The Hall–Kier alpha value is -1.12. The van der Waals surface area contributed by atoms with E-state index >= 15 is 0 Å². The van der Waals surface area contributed by atoms with Crippen LogP contribution >= 0.6 is 0 Å². The minimum atomic E-state index is -1.42. The summed E-state index contributed by atoms with van der Waals surface area (Å²) >= 11 is 0. The zero-order valence-electron chi connectivity index (χ0n) is 16.1. The first-order chi connectivity index (χ1) is 13.7. The molecule has 0 spiro atoms. The van der Waals surface area contributed by atoms with Crippen LogP contribution in [-0.2, 0) is 32.2 Å². The van der Waals surface area contributed by atoms with Crippen molar-refractivity contribution in [3.63, 3.8) is 0 Å². The third-order valence-electron chi connectivity index (χ3n) is 5.26. The SMILES string of the molecule is CC1OC(OCc2cocc2COC2OC(C)C(O)C(O)C2O)C(O)C(O)C1O. The minimum absolute atomic E-state index is 0.0434. The number of aliphatic hydroxyl groups excluding tert-OH is 6. The van der Waals surface area contributed by atoms with Crippen molar-refractivity contribution in [3.8, 4) is 0 Å². The molecule has 0 aliphatic carbocycles. The van der Waals surface area contributed by atoms with Crippen LogP contribution in [0.3, 0.4) is 0 Å². The van der Waals surface area contributed by atoms with E-state index in [0.29, 0.717) is 11.1 Å². The first kappa shape index (κ1) is 22.6. The number of furan rings is 1. The second-order valence-corrected chi connectivity index (χ2v) is 7.41. The van der Waals surface area contributed by atoms with Crippen molar-refractivity contribution >= 4 is 0 Å². The van der Waals surface area contributed by atoms with Crippen molar-refractivity contribution in [1.82, 2.24) is 0 Å². The molecule has 3 heterocycles. The highest BCUT2D eigenvalue weighted by Gasteiger charge is 2.43. The predicted molar refractivity (Wildman–Crippen MR) is 93.0 cm³/mol. The molecule has 29 heavy (non-hydrogen) atoms. The molecule has 1 aromatic heterocycles. The molecule has 0 bridgehead atoms. The highest BCUT2D eigenvalue weighted by molar-refractivity contribution is 5.19. The molecular weight excluding hydrogens is 392 g/mol. The number of hydrogen-bond acceptors (Lipinski definition) is 11. The Bertz CT molecular complexity index is 599. The molecule has 0 aromatic carbocycles. The molecule has 0 radical (unpaired) electrons. The minimum Gasteiger partial charge on any atom is -0.472 e. The van der Waals surface area contributed by atoms with Crippen LogP contribution in [0.5, 0.6) is 0 Å². The molecule has 6 N–H and O–H groups in total. The molecule has 1 aromatic rings. The van der Waals surface area contributed by atoms with E-state index in [-0.39, 0.29) is 13.2 Å². The molecule has 10 unspecified atom stereocenters. The highest BCUT2D eigenvalue weighted by Crippen LogP contribution is 2.25. The van der Waals surface area contributed by atoms with Gasteiger partial charge in [-0.1, -0.05) is 0 Å². The Kier molecular flexibility index (Phi) is 7.27. The van der Waals surface area contributed by atoms with E-state index in [2.05, 4.69) is 0 Å². The summed E-state index contributed by atoms with van der Waals surface area (Å²) in [5, 5.41) is 59.1. The van der Waals surface area contributed by atoms with Crippen molar-refractivity contribution in [2.24, 2.45) is 0 Å². The van der Waals surface area contributed by atoms with Crippen molar-refractivity contribution in [3.05, 3.63) is 23.7 Å². The van der Waals surface area contributed by atoms with Gasteiger partial charge in [0.1, 0.15) is 36.6 Å². The quantitative estimate of drug-likeness (QED) is 0.300. The zero-order chi connectivity index (χ0) is 21.3. The fraction of sp³-hybridized carbons (Fsp3) is 0.778. The van der Waals surface area contributed by atoms with Crippen LogP contribution in [0.15, 0.2) is 16.9 Å². The summed E-state index contributed by atoms with van der Waals surface area (Å²) in [5.74, 6) is 0. The third kappa shape index (κ3) is 4.80. The molecule has 2 aliphatic rings. The van der Waals surface area contributed by atoms with E-state index in [1.807, 2.05) is 0 Å². The monoisotopic (exact) mass is 420 g/mol. The fourth-order valence-corrected chi connectivity index (χ4v) is 3.25. The summed E-state index contributed by atoms with van der Waals surface area (Å²) in [6.07, 6.45) is -9.01. The second kappa shape index (κ2) is 9.35. The van der Waals surface area contributed by atoms with Crippen molar-refractivity contribution < 1.29 is 54.0 Å². The Morgan fingerprint density at radius 3 is 1.41 bits per heavy atom. The van der Waals surface area contributed by atoms with Crippen LogP contribution < -0.4 is 0 Å². The third-order valence-corrected chi connectivity index (χ3v) is 5.26. The summed E-state index contributed by atoms with van der Waals surface area (Å²) in [5.41, 5.74) is 1.13. The molecule has 0 saturated carbocycles. The zero-order valence-corrected chi connectivity index (χ0v) is 16.1. The summed E-state index contributed by atoms with van der Waals surface area (Å²) in [4.78, 5) is 0. The van der Waals surface area contributed by atoms with E-state index in [0.717, 1.165) is 0 Å². The summed E-state index contributed by atoms with van der Waals surface area (Å²) in [6.45, 7) is 3.01. The molecular formula is C18H28O11. The molecule has 11 nitrogen and oxygen atoms in total. The van der Waals surface area contributed by atoms with Crippen LogP contribution in [0.1, 0.15) is 25.0 Å². The molecule has 0 amide bonds. The van der Waals surface area contributed by atoms with Crippen LogP contribution in [0.2, 0.25) is 0 Å². The normalized spacial score (nSPS) is 43.4.